The van der Waals surface area contributed by atoms with E-state index >= 15 is 0 Å². The predicted molar refractivity (Wildman–Crippen MR) is 118 cm³/mol. The number of hydrogen-bond donors (Lipinski definition) is 2. The third-order valence-electron chi connectivity index (χ3n) is 5.47. The van der Waals surface area contributed by atoms with Gasteiger partial charge in [-0.15, -0.1) is 0 Å². The summed E-state index contributed by atoms with van der Waals surface area (Å²) >= 11 is 0. The average molecular weight is 468 g/mol. The van der Waals surface area contributed by atoms with Crippen molar-refractivity contribution >= 4 is 27.8 Å². The summed E-state index contributed by atoms with van der Waals surface area (Å²) in [6.07, 6.45) is -1.97. The lowest BCUT2D eigenvalue weighted by molar-refractivity contribution is -0.136. The van der Waals surface area contributed by atoms with Crippen molar-refractivity contribution in [3.63, 3.8) is 0 Å². The molecule has 0 saturated heterocycles. The van der Waals surface area contributed by atoms with Crippen LogP contribution < -0.4 is 10.9 Å². The van der Waals surface area contributed by atoms with E-state index in [0.29, 0.717) is 22.7 Å². The van der Waals surface area contributed by atoms with Gasteiger partial charge in [0.05, 0.1) is 29.0 Å². The van der Waals surface area contributed by atoms with Crippen LogP contribution in [0.1, 0.15) is 24.2 Å². The number of aromatic amines is 1. The molecule has 0 fully saturated rings. The smallest absolute Gasteiger partial charge is 0.360 e. The highest BCUT2D eigenvalue weighted by molar-refractivity contribution is 5.87. The molecule has 1 atom stereocenters. The molecule has 0 aliphatic heterocycles. The Hall–Kier alpha value is -4.28. The molecule has 2 aromatic carbocycles. The van der Waals surface area contributed by atoms with Gasteiger partial charge in [0.2, 0.25) is 0 Å². The van der Waals surface area contributed by atoms with E-state index in [-0.39, 0.29) is 11.1 Å². The molecule has 2 N–H and O–H groups in total. The van der Waals surface area contributed by atoms with Gasteiger partial charge in [-0.25, -0.2) is 19.3 Å². The molecule has 7 nitrogen and oxygen atoms in total. The quantitative estimate of drug-likeness (QED) is 0.363. The van der Waals surface area contributed by atoms with Crippen molar-refractivity contribution in [2.45, 2.75) is 19.1 Å². The number of nitrogens with one attached hydrogen (secondary N) is 2. The first-order valence-corrected chi connectivity index (χ1v) is 10.2. The number of hydrogen-bond acceptors (Lipinski definition) is 5. The molecule has 5 rings (SSSR count). The molecule has 0 spiro atoms. The Morgan fingerprint density at radius 1 is 1.06 bits per heavy atom. The molecule has 0 saturated carbocycles. The molecule has 172 valence electrons. The van der Waals surface area contributed by atoms with Crippen LogP contribution in [0.2, 0.25) is 0 Å². The lowest BCUT2D eigenvalue weighted by atomic mass is 10.0. The van der Waals surface area contributed by atoms with Gasteiger partial charge in [-0.2, -0.15) is 13.2 Å². The molecule has 3 heterocycles. The van der Waals surface area contributed by atoms with Crippen molar-refractivity contribution < 1.29 is 17.6 Å². The molecule has 0 aliphatic carbocycles. The third kappa shape index (κ3) is 3.64. The number of benzene rings is 2. The van der Waals surface area contributed by atoms with Crippen molar-refractivity contribution in [1.82, 2.24) is 24.5 Å². The fraction of sp³-hybridized carbons (Fsp3) is 0.130. The summed E-state index contributed by atoms with van der Waals surface area (Å²) in [6, 6.07) is 9.53. The number of halogens is 4. The number of pyridine rings is 1. The number of aromatic nitrogens is 5. The van der Waals surface area contributed by atoms with E-state index < -0.39 is 34.5 Å². The third-order valence-corrected chi connectivity index (χ3v) is 5.47. The highest BCUT2D eigenvalue weighted by Crippen LogP contribution is 2.35. The Bertz CT molecular complexity index is 1590. The first-order chi connectivity index (χ1) is 16.2. The van der Waals surface area contributed by atoms with E-state index in [2.05, 4.69) is 25.3 Å². The highest BCUT2D eigenvalue weighted by Gasteiger charge is 2.34. The summed E-state index contributed by atoms with van der Waals surface area (Å²) in [6.45, 7) is 1.72. The Balaban J connectivity index is 1.76. The number of nitrogens with zero attached hydrogens (tertiary/aromatic N) is 4. The van der Waals surface area contributed by atoms with E-state index in [1.54, 1.807) is 6.92 Å². The van der Waals surface area contributed by atoms with Crippen molar-refractivity contribution in [3.05, 3.63) is 88.6 Å². The van der Waals surface area contributed by atoms with Crippen molar-refractivity contribution in [2.24, 2.45) is 0 Å². The second-order valence-electron chi connectivity index (χ2n) is 7.65. The monoisotopic (exact) mass is 468 g/mol. The molecule has 0 aliphatic rings. The van der Waals surface area contributed by atoms with Crippen LogP contribution in [0.3, 0.4) is 0 Å². The largest absolute Gasteiger partial charge is 0.417 e. The Morgan fingerprint density at radius 3 is 2.62 bits per heavy atom. The van der Waals surface area contributed by atoms with E-state index in [0.717, 1.165) is 16.7 Å². The van der Waals surface area contributed by atoms with Gasteiger partial charge < -0.3 is 10.3 Å². The van der Waals surface area contributed by atoms with Crippen LogP contribution in [0.4, 0.5) is 23.4 Å². The number of alkyl halides is 3. The number of imidazole rings is 1. The van der Waals surface area contributed by atoms with Crippen LogP contribution in [-0.4, -0.2) is 24.5 Å². The van der Waals surface area contributed by atoms with Gasteiger partial charge in [-0.05, 0) is 42.6 Å². The first kappa shape index (κ1) is 21.6. The van der Waals surface area contributed by atoms with Gasteiger partial charge in [0, 0.05) is 5.69 Å². The minimum absolute atomic E-state index is 0.0990. The maximum absolute atomic E-state index is 14.0. The predicted octanol–water partition coefficient (Wildman–Crippen LogP) is 4.99. The lowest BCUT2D eigenvalue weighted by Crippen LogP contribution is -2.27. The highest BCUT2D eigenvalue weighted by atomic mass is 19.4. The molecule has 0 bridgehead atoms. The maximum Gasteiger partial charge on any atom is 0.417 e. The van der Waals surface area contributed by atoms with Crippen LogP contribution in [0, 0.1) is 5.82 Å². The summed E-state index contributed by atoms with van der Waals surface area (Å²) in [5.41, 5.74) is -0.610. The molecule has 34 heavy (non-hydrogen) atoms. The second-order valence-corrected chi connectivity index (χ2v) is 7.65. The average Bonchev–Trinajstić information content (AvgIpc) is 3.28. The van der Waals surface area contributed by atoms with Crippen LogP contribution in [0.25, 0.3) is 27.6 Å². The first-order valence-electron chi connectivity index (χ1n) is 10.2. The summed E-state index contributed by atoms with van der Waals surface area (Å²) < 4.78 is 56.3. The van der Waals surface area contributed by atoms with Gasteiger partial charge in [0.25, 0.3) is 5.56 Å². The molecule has 11 heteroatoms. The molecule has 5 aromatic rings. The molecule has 3 aromatic heterocycles. The zero-order chi connectivity index (χ0) is 24.0. The summed E-state index contributed by atoms with van der Waals surface area (Å²) in [5, 5.41) is 2.77. The molecular formula is C23H16F4N6O. The molecular weight excluding hydrogens is 452 g/mol. The van der Waals surface area contributed by atoms with Gasteiger partial charge in [0.1, 0.15) is 17.7 Å². The number of fused-ring (bicyclic) bond motifs is 2. The number of rotatable bonds is 4. The minimum Gasteiger partial charge on any atom is -0.360 e. The van der Waals surface area contributed by atoms with Crippen LogP contribution in [0.5, 0.6) is 0 Å². The van der Waals surface area contributed by atoms with E-state index in [4.69, 9.17) is 0 Å². The van der Waals surface area contributed by atoms with Gasteiger partial charge in [-0.1, -0.05) is 18.2 Å². The fourth-order valence-corrected chi connectivity index (χ4v) is 3.97. The van der Waals surface area contributed by atoms with Crippen LogP contribution in [-0.2, 0) is 6.18 Å². The maximum atomic E-state index is 14.0. The number of H-pyrrole nitrogens is 1. The van der Waals surface area contributed by atoms with Gasteiger partial charge >= 0.3 is 6.18 Å². The van der Waals surface area contributed by atoms with Crippen LogP contribution in [0.15, 0.2) is 66.0 Å². The summed E-state index contributed by atoms with van der Waals surface area (Å²) in [5.74, 6) is -0.243. The van der Waals surface area contributed by atoms with Gasteiger partial charge in [0.15, 0.2) is 11.5 Å². The zero-order valence-electron chi connectivity index (χ0n) is 17.6. The van der Waals surface area contributed by atoms with Gasteiger partial charge in [-0.3, -0.25) is 9.36 Å². The van der Waals surface area contributed by atoms with Crippen molar-refractivity contribution in [1.29, 1.82) is 0 Å². The summed E-state index contributed by atoms with van der Waals surface area (Å²) in [7, 11) is 0. The normalized spacial score (nSPS) is 12.9. The van der Waals surface area contributed by atoms with E-state index in [9.17, 15) is 22.4 Å². The Kier molecular flexibility index (Phi) is 5.03. The van der Waals surface area contributed by atoms with Crippen molar-refractivity contribution in [3.8, 4) is 5.69 Å². The van der Waals surface area contributed by atoms with E-state index in [1.807, 2.05) is 0 Å². The zero-order valence-corrected chi connectivity index (χ0v) is 17.6. The fourth-order valence-electron chi connectivity index (χ4n) is 3.97. The SMILES string of the molecule is CC(Nc1ncnc2nc[nH]c12)c1cc2cccc(C(F)(F)F)c2c(=O)n1-c1cccc(F)c1. The number of anilines is 1. The molecule has 0 amide bonds. The molecule has 1 unspecified atom stereocenters. The van der Waals surface area contributed by atoms with Crippen LogP contribution >= 0.6 is 0 Å². The minimum atomic E-state index is -4.74. The second kappa shape index (κ2) is 7.94. The van der Waals surface area contributed by atoms with E-state index in [1.165, 1.54) is 49.1 Å². The topological polar surface area (TPSA) is 88.5 Å². The molecule has 0 radical (unpaired) electrons. The van der Waals surface area contributed by atoms with Crippen molar-refractivity contribution in [2.75, 3.05) is 5.32 Å². The standard InChI is InChI=1S/C23H16F4N6O/c1-12(32-21-19-20(29-10-28-19)30-11-31-21)17-8-13-4-2-7-16(23(25,26)27)18(13)22(34)33(17)15-6-3-5-14(24)9-15/h2-12H,1H3,(H2,28,29,30,31,32). The Morgan fingerprint density at radius 2 is 1.85 bits per heavy atom. The lowest BCUT2D eigenvalue weighted by Gasteiger charge is -2.22. The Labute approximate surface area is 189 Å². The summed E-state index contributed by atoms with van der Waals surface area (Å²) in [4.78, 5) is 28.8.